The molecule has 1 aromatic carbocycles. The monoisotopic (exact) mass is 504 g/mol. The van der Waals surface area contributed by atoms with E-state index in [0.717, 1.165) is 5.56 Å². The maximum atomic E-state index is 12.7. The third-order valence-corrected chi connectivity index (χ3v) is 8.41. The molecule has 1 N–H and O–H groups in total. The third kappa shape index (κ3) is 3.95. The fourth-order valence-electron chi connectivity index (χ4n) is 3.32. The topological polar surface area (TPSA) is 84.9 Å². The average molecular weight is 504 g/mol. The van der Waals surface area contributed by atoms with Gasteiger partial charge in [-0.15, -0.1) is 11.8 Å². The Morgan fingerprint density at radius 3 is 2.67 bits per heavy atom. The molecule has 7 nitrogen and oxygen atoms in total. The zero-order chi connectivity index (χ0) is 19.6. The van der Waals surface area contributed by atoms with E-state index in [-0.39, 0.29) is 30.4 Å². The number of hydrogen-bond donors (Lipinski definition) is 1. The molecule has 4 unspecified atom stereocenters. The van der Waals surface area contributed by atoms with Gasteiger partial charge in [0, 0.05) is 11.5 Å². The molecule has 0 aliphatic carbocycles. The largest absolute Gasteiger partial charge is 0.437 e. The second-order valence-corrected chi connectivity index (χ2v) is 9.09. The Hall–Kier alpha value is -1.33. The minimum absolute atomic E-state index is 0.152. The van der Waals surface area contributed by atoms with Crippen molar-refractivity contribution in [2.75, 3.05) is 18.3 Å². The number of rotatable bonds is 7. The zero-order valence-electron chi connectivity index (χ0n) is 15.0. The number of methoxy groups -OCH3 is 1. The lowest BCUT2D eigenvalue weighted by Gasteiger charge is -2.44. The highest BCUT2D eigenvalue weighted by atomic mass is 127. The van der Waals surface area contributed by atoms with Crippen molar-refractivity contribution in [2.45, 2.75) is 35.5 Å². The Bertz CT molecular complexity index is 734. The predicted molar refractivity (Wildman–Crippen MR) is 109 cm³/mol. The minimum Gasteiger partial charge on any atom is -0.437 e. The summed E-state index contributed by atoms with van der Waals surface area (Å²) < 4.78 is 10.1. The lowest BCUT2D eigenvalue weighted by Crippen LogP contribution is -2.71. The highest BCUT2D eigenvalue weighted by Gasteiger charge is 2.65. The first-order chi connectivity index (χ1) is 12.9. The van der Waals surface area contributed by atoms with Gasteiger partial charge in [0.2, 0.25) is 11.8 Å². The number of β-lactam (4-membered cyclic amide) rings is 1. The molecule has 4 atom stereocenters. The molecule has 2 fully saturated rings. The Morgan fingerprint density at radius 2 is 2.04 bits per heavy atom. The number of carbonyl (C=O) groups excluding carboxylic acids is 3. The molecule has 0 radical (unpaired) electrons. The quantitative estimate of drug-likeness (QED) is 0.199. The van der Waals surface area contributed by atoms with Crippen molar-refractivity contribution in [2.24, 2.45) is 0 Å². The molecule has 3 rings (SSSR count). The first-order valence-electron chi connectivity index (χ1n) is 8.46. The van der Waals surface area contributed by atoms with Gasteiger partial charge in [0.1, 0.15) is 17.5 Å². The van der Waals surface area contributed by atoms with Gasteiger partial charge in [-0.2, -0.15) is 0 Å². The van der Waals surface area contributed by atoms with E-state index in [0.29, 0.717) is 4.43 Å². The fraction of sp³-hybridized carbons (Fsp3) is 0.500. The normalized spacial score (nSPS) is 29.1. The molecule has 2 aliphatic heterocycles. The molecule has 2 amide bonds. The van der Waals surface area contributed by atoms with Crippen LogP contribution in [0, 0.1) is 0 Å². The maximum absolute atomic E-state index is 12.7. The Kier molecular flexibility index (Phi) is 6.32. The summed E-state index contributed by atoms with van der Waals surface area (Å²) in [5.41, 5.74) is 0.885. The van der Waals surface area contributed by atoms with Gasteiger partial charge in [-0.1, -0.05) is 52.9 Å². The van der Waals surface area contributed by atoms with Gasteiger partial charge < -0.3 is 19.7 Å². The SMILES string of the molecule is COCOC(=O)C1N2C(=O)C(NC(=O)Cc3ccccc3)C2SC1(C)CI. The van der Waals surface area contributed by atoms with E-state index in [2.05, 4.69) is 27.9 Å². The van der Waals surface area contributed by atoms with Crippen LogP contribution in [-0.2, 0) is 30.3 Å². The van der Waals surface area contributed by atoms with E-state index in [1.165, 1.54) is 23.8 Å². The van der Waals surface area contributed by atoms with Crippen molar-refractivity contribution in [3.63, 3.8) is 0 Å². The van der Waals surface area contributed by atoms with Crippen molar-refractivity contribution in [3.8, 4) is 0 Å². The number of thioether (sulfide) groups is 1. The Balaban J connectivity index is 1.68. The molecule has 9 heteroatoms. The minimum atomic E-state index is -0.686. The smallest absolute Gasteiger partial charge is 0.332 e. The Morgan fingerprint density at radius 1 is 1.33 bits per heavy atom. The number of nitrogens with one attached hydrogen (secondary N) is 1. The van der Waals surface area contributed by atoms with E-state index < -0.39 is 22.8 Å². The van der Waals surface area contributed by atoms with Crippen molar-refractivity contribution >= 4 is 52.1 Å². The third-order valence-electron chi connectivity index (χ3n) is 4.66. The molecule has 2 saturated heterocycles. The summed E-state index contributed by atoms with van der Waals surface area (Å²) in [6, 6.07) is 8.06. The molecule has 0 aromatic heterocycles. The number of nitrogens with zero attached hydrogens (tertiary/aromatic N) is 1. The van der Waals surface area contributed by atoms with Crippen LogP contribution in [0.25, 0.3) is 0 Å². The van der Waals surface area contributed by atoms with Crippen LogP contribution in [0.4, 0.5) is 0 Å². The van der Waals surface area contributed by atoms with Gasteiger partial charge in [0.15, 0.2) is 6.79 Å². The fourth-order valence-corrected chi connectivity index (χ4v) is 5.89. The number of hydrogen-bond acceptors (Lipinski definition) is 6. The molecule has 2 heterocycles. The average Bonchev–Trinajstić information content (AvgIpc) is 2.95. The van der Waals surface area contributed by atoms with E-state index in [1.807, 2.05) is 37.3 Å². The number of amides is 2. The van der Waals surface area contributed by atoms with Crippen LogP contribution in [0.15, 0.2) is 30.3 Å². The van der Waals surface area contributed by atoms with Crippen LogP contribution in [0.1, 0.15) is 12.5 Å². The molecule has 0 bridgehead atoms. The summed E-state index contributed by atoms with van der Waals surface area (Å²) >= 11 is 3.74. The summed E-state index contributed by atoms with van der Waals surface area (Å²) in [4.78, 5) is 39.0. The first kappa shape index (κ1) is 20.4. The first-order valence-corrected chi connectivity index (χ1v) is 10.9. The van der Waals surface area contributed by atoms with E-state index in [9.17, 15) is 14.4 Å². The zero-order valence-corrected chi connectivity index (χ0v) is 18.0. The number of ether oxygens (including phenoxy) is 2. The molecular weight excluding hydrogens is 483 g/mol. The Labute approximate surface area is 175 Å². The molecule has 2 aliphatic rings. The van der Waals surface area contributed by atoms with Crippen LogP contribution in [0.2, 0.25) is 0 Å². The second kappa shape index (κ2) is 8.36. The maximum Gasteiger partial charge on any atom is 0.332 e. The van der Waals surface area contributed by atoms with Crippen molar-refractivity contribution in [3.05, 3.63) is 35.9 Å². The van der Waals surface area contributed by atoms with Crippen LogP contribution in [0.3, 0.4) is 0 Å². The molecule has 0 spiro atoms. The molecule has 27 heavy (non-hydrogen) atoms. The number of carbonyl (C=O) groups is 3. The van der Waals surface area contributed by atoms with Crippen molar-refractivity contribution < 1.29 is 23.9 Å². The summed E-state index contributed by atoms with van der Waals surface area (Å²) in [5.74, 6) is -0.934. The summed E-state index contributed by atoms with van der Waals surface area (Å²) in [7, 11) is 1.43. The molecule has 0 saturated carbocycles. The molecule has 1 aromatic rings. The van der Waals surface area contributed by atoms with E-state index in [4.69, 9.17) is 9.47 Å². The van der Waals surface area contributed by atoms with Crippen LogP contribution < -0.4 is 5.32 Å². The molecule has 146 valence electrons. The summed E-state index contributed by atoms with van der Waals surface area (Å²) in [6.07, 6.45) is 0.213. The number of esters is 1. The van der Waals surface area contributed by atoms with Gasteiger partial charge in [-0.3, -0.25) is 9.59 Å². The van der Waals surface area contributed by atoms with Crippen molar-refractivity contribution in [1.29, 1.82) is 0 Å². The van der Waals surface area contributed by atoms with Gasteiger partial charge >= 0.3 is 5.97 Å². The van der Waals surface area contributed by atoms with Crippen LogP contribution in [0.5, 0.6) is 0 Å². The standard InChI is InChI=1S/C18H21IN2O5S/c1-18(9-19)14(17(24)26-10-25-2)21-15(23)13(16(21)27-18)20-12(22)8-11-6-4-3-5-7-11/h3-7,13-14,16H,8-10H2,1-2H3,(H,20,22). The van der Waals surface area contributed by atoms with Gasteiger partial charge in [0.05, 0.1) is 11.2 Å². The van der Waals surface area contributed by atoms with Gasteiger partial charge in [0.25, 0.3) is 0 Å². The van der Waals surface area contributed by atoms with Crippen molar-refractivity contribution in [1.82, 2.24) is 10.2 Å². The van der Waals surface area contributed by atoms with E-state index in [1.54, 1.807) is 0 Å². The lowest BCUT2D eigenvalue weighted by molar-refractivity contribution is -0.170. The number of benzene rings is 1. The second-order valence-electron chi connectivity index (χ2n) is 6.68. The van der Waals surface area contributed by atoms with Gasteiger partial charge in [-0.25, -0.2) is 4.79 Å². The number of halogens is 1. The van der Waals surface area contributed by atoms with E-state index >= 15 is 0 Å². The highest BCUT2D eigenvalue weighted by molar-refractivity contribution is 14.1. The molecular formula is C18H21IN2O5S. The van der Waals surface area contributed by atoms with Crippen LogP contribution >= 0.6 is 34.4 Å². The predicted octanol–water partition coefficient (Wildman–Crippen LogP) is 1.34. The van der Waals surface area contributed by atoms with Gasteiger partial charge in [-0.05, 0) is 12.5 Å². The number of fused-ring (bicyclic) bond motifs is 1. The highest BCUT2D eigenvalue weighted by Crippen LogP contribution is 2.52. The number of alkyl halides is 1. The summed E-state index contributed by atoms with van der Waals surface area (Å²) in [6.45, 7) is 1.79. The van der Waals surface area contributed by atoms with Crippen LogP contribution in [-0.4, -0.2) is 63.2 Å². The lowest BCUT2D eigenvalue weighted by atomic mass is 9.96. The summed E-state index contributed by atoms with van der Waals surface area (Å²) in [5, 5.41) is 2.55.